The topological polar surface area (TPSA) is 47.6 Å². The van der Waals surface area contributed by atoms with E-state index in [-0.39, 0.29) is 25.0 Å². The molecule has 84 valence electrons. The Hall–Kier alpha value is -0.320. The van der Waals surface area contributed by atoms with Crippen LogP contribution in [0.2, 0.25) is 0 Å². The van der Waals surface area contributed by atoms with Crippen molar-refractivity contribution in [2.24, 2.45) is 5.92 Å². The fourth-order valence-corrected chi connectivity index (χ4v) is 1.44. The Morgan fingerprint density at radius 2 is 2.36 bits per heavy atom. The van der Waals surface area contributed by atoms with Gasteiger partial charge in [0.2, 0.25) is 0 Å². The Morgan fingerprint density at radius 1 is 1.57 bits per heavy atom. The molecule has 0 aliphatic carbocycles. The van der Waals surface area contributed by atoms with Crippen molar-refractivity contribution in [1.29, 1.82) is 0 Å². The van der Waals surface area contributed by atoms with Gasteiger partial charge in [-0.05, 0) is 19.4 Å². The van der Waals surface area contributed by atoms with Crippen LogP contribution in [0.4, 0.5) is 0 Å². The largest absolute Gasteiger partial charge is 0.464 e. The summed E-state index contributed by atoms with van der Waals surface area (Å²) in [5.74, 6) is 0.211. The van der Waals surface area contributed by atoms with E-state index in [9.17, 15) is 4.79 Å². The minimum Gasteiger partial charge on any atom is -0.464 e. The number of methoxy groups -OCH3 is 1. The van der Waals surface area contributed by atoms with Crippen molar-refractivity contribution in [3.63, 3.8) is 0 Å². The van der Waals surface area contributed by atoms with Gasteiger partial charge in [-0.15, -0.1) is 12.4 Å². The maximum atomic E-state index is 10.9. The molecule has 0 saturated carbocycles. The molecule has 14 heavy (non-hydrogen) atoms. The van der Waals surface area contributed by atoms with Crippen LogP contribution in [0, 0.1) is 5.92 Å². The Labute approximate surface area is 90.7 Å². The standard InChI is InChI=1S/C9H17NO3.ClH/c1-12-7-9(11)13-6-8-3-2-4-10-5-8;/h8,10H,2-7H2,1H3;1H. The molecule has 0 aromatic rings. The lowest BCUT2D eigenvalue weighted by molar-refractivity contribution is -0.149. The average Bonchev–Trinajstić information content (AvgIpc) is 2.17. The second-order valence-electron chi connectivity index (χ2n) is 3.33. The first-order chi connectivity index (χ1) is 6.33. The molecule has 1 heterocycles. The molecule has 0 amide bonds. The van der Waals surface area contributed by atoms with E-state index in [2.05, 4.69) is 10.1 Å². The van der Waals surface area contributed by atoms with Gasteiger partial charge in [0.15, 0.2) is 0 Å². The highest BCUT2D eigenvalue weighted by molar-refractivity contribution is 5.85. The molecule has 1 atom stereocenters. The summed E-state index contributed by atoms with van der Waals surface area (Å²) in [6.07, 6.45) is 2.32. The van der Waals surface area contributed by atoms with Crippen molar-refractivity contribution >= 4 is 18.4 Å². The molecule has 1 fully saturated rings. The number of ether oxygens (including phenoxy) is 2. The summed E-state index contributed by atoms with van der Waals surface area (Å²) in [6.45, 7) is 2.62. The fourth-order valence-electron chi connectivity index (χ4n) is 1.44. The van der Waals surface area contributed by atoms with Crippen molar-refractivity contribution in [2.75, 3.05) is 33.4 Å². The fraction of sp³-hybridized carbons (Fsp3) is 0.889. The van der Waals surface area contributed by atoms with Gasteiger partial charge in [-0.2, -0.15) is 0 Å². The van der Waals surface area contributed by atoms with Crippen molar-refractivity contribution in [3.8, 4) is 0 Å². The van der Waals surface area contributed by atoms with Crippen LogP contribution >= 0.6 is 12.4 Å². The van der Waals surface area contributed by atoms with Crippen LogP contribution in [0.25, 0.3) is 0 Å². The molecule has 1 N–H and O–H groups in total. The number of hydrogen-bond donors (Lipinski definition) is 1. The molecule has 1 rings (SSSR count). The quantitative estimate of drug-likeness (QED) is 0.709. The minimum absolute atomic E-state index is 0. The number of carbonyl (C=O) groups excluding carboxylic acids is 1. The van der Waals surface area contributed by atoms with E-state index < -0.39 is 0 Å². The zero-order chi connectivity index (χ0) is 9.52. The smallest absolute Gasteiger partial charge is 0.332 e. The van der Waals surface area contributed by atoms with Crippen LogP contribution < -0.4 is 5.32 Å². The van der Waals surface area contributed by atoms with Crippen molar-refractivity contribution in [3.05, 3.63) is 0 Å². The van der Waals surface area contributed by atoms with Gasteiger partial charge in [0, 0.05) is 19.6 Å². The molecule has 0 spiro atoms. The Bertz CT molecular complexity index is 160. The molecular weight excluding hydrogens is 206 g/mol. The van der Waals surface area contributed by atoms with Crippen LogP contribution in [0.5, 0.6) is 0 Å². The monoisotopic (exact) mass is 223 g/mol. The van der Waals surface area contributed by atoms with Crippen molar-refractivity contribution in [2.45, 2.75) is 12.8 Å². The van der Waals surface area contributed by atoms with E-state index in [4.69, 9.17) is 4.74 Å². The van der Waals surface area contributed by atoms with Crippen LogP contribution in [0.15, 0.2) is 0 Å². The van der Waals surface area contributed by atoms with Crippen molar-refractivity contribution in [1.82, 2.24) is 5.32 Å². The highest BCUT2D eigenvalue weighted by atomic mass is 35.5. The molecule has 5 heteroatoms. The molecule has 0 bridgehead atoms. The van der Waals surface area contributed by atoms with E-state index in [1.165, 1.54) is 13.5 Å². The predicted molar refractivity (Wildman–Crippen MR) is 55.7 cm³/mol. The van der Waals surface area contributed by atoms with Gasteiger partial charge in [-0.1, -0.05) is 0 Å². The number of esters is 1. The highest BCUT2D eigenvalue weighted by Crippen LogP contribution is 2.09. The average molecular weight is 224 g/mol. The van der Waals surface area contributed by atoms with Gasteiger partial charge in [-0.3, -0.25) is 0 Å². The summed E-state index contributed by atoms with van der Waals surface area (Å²) in [6, 6.07) is 0. The molecule has 1 aliphatic heterocycles. The Morgan fingerprint density at radius 3 is 2.93 bits per heavy atom. The van der Waals surface area contributed by atoms with Crippen molar-refractivity contribution < 1.29 is 14.3 Å². The van der Waals surface area contributed by atoms with Crippen LogP contribution in [0.1, 0.15) is 12.8 Å². The minimum atomic E-state index is -0.270. The second kappa shape index (κ2) is 8.03. The number of halogens is 1. The molecule has 1 unspecified atom stereocenters. The maximum Gasteiger partial charge on any atom is 0.332 e. The van der Waals surface area contributed by atoms with E-state index in [1.807, 2.05) is 0 Å². The molecule has 1 aliphatic rings. The third-order valence-corrected chi connectivity index (χ3v) is 2.14. The number of hydrogen-bond acceptors (Lipinski definition) is 4. The summed E-state index contributed by atoms with van der Waals surface area (Å²) >= 11 is 0. The third kappa shape index (κ3) is 5.42. The first kappa shape index (κ1) is 13.7. The first-order valence-electron chi connectivity index (χ1n) is 4.68. The number of carbonyl (C=O) groups is 1. The van der Waals surface area contributed by atoms with Gasteiger partial charge in [0.05, 0.1) is 6.61 Å². The zero-order valence-electron chi connectivity index (χ0n) is 8.45. The number of nitrogens with one attached hydrogen (secondary N) is 1. The predicted octanol–water partition coefficient (Wildman–Crippen LogP) is 0.597. The summed E-state index contributed by atoms with van der Waals surface area (Å²) in [5, 5.41) is 3.27. The van der Waals surface area contributed by atoms with Crippen LogP contribution in [0.3, 0.4) is 0 Å². The lowest BCUT2D eigenvalue weighted by atomic mass is 10.0. The summed E-state index contributed by atoms with van der Waals surface area (Å²) < 4.78 is 9.67. The SMILES string of the molecule is COCC(=O)OCC1CCCNC1.Cl. The zero-order valence-corrected chi connectivity index (χ0v) is 9.27. The summed E-state index contributed by atoms with van der Waals surface area (Å²) in [4.78, 5) is 10.9. The lowest BCUT2D eigenvalue weighted by Crippen LogP contribution is -2.33. The van der Waals surface area contributed by atoms with Gasteiger partial charge in [-0.25, -0.2) is 4.79 Å². The third-order valence-electron chi connectivity index (χ3n) is 2.14. The van der Waals surface area contributed by atoms with E-state index in [1.54, 1.807) is 0 Å². The van der Waals surface area contributed by atoms with Gasteiger partial charge < -0.3 is 14.8 Å². The molecule has 0 aromatic heterocycles. The Balaban J connectivity index is 0.00000169. The molecule has 0 aromatic carbocycles. The van der Waals surface area contributed by atoms with E-state index in [0.29, 0.717) is 12.5 Å². The van der Waals surface area contributed by atoms with E-state index >= 15 is 0 Å². The Kier molecular flexibility index (Phi) is 7.84. The summed E-state index contributed by atoms with van der Waals surface area (Å²) in [7, 11) is 1.49. The molecule has 0 radical (unpaired) electrons. The molecule has 4 nitrogen and oxygen atoms in total. The van der Waals surface area contributed by atoms with Crippen LogP contribution in [-0.4, -0.2) is 39.4 Å². The van der Waals surface area contributed by atoms with Gasteiger partial charge in [0.1, 0.15) is 6.61 Å². The lowest BCUT2D eigenvalue weighted by Gasteiger charge is -2.22. The molecule has 1 saturated heterocycles. The number of piperidine rings is 1. The van der Waals surface area contributed by atoms with Crippen LogP contribution in [-0.2, 0) is 14.3 Å². The molecular formula is C9H18ClNO3. The maximum absolute atomic E-state index is 10.9. The number of rotatable bonds is 4. The highest BCUT2D eigenvalue weighted by Gasteiger charge is 2.14. The summed E-state index contributed by atoms with van der Waals surface area (Å²) in [5.41, 5.74) is 0. The first-order valence-corrected chi connectivity index (χ1v) is 4.68. The normalized spacial score (nSPS) is 21.1. The van der Waals surface area contributed by atoms with Gasteiger partial charge in [0.25, 0.3) is 0 Å². The van der Waals surface area contributed by atoms with E-state index in [0.717, 1.165) is 19.5 Å². The van der Waals surface area contributed by atoms with Gasteiger partial charge >= 0.3 is 5.97 Å². The second-order valence-corrected chi connectivity index (χ2v) is 3.33.